The molecule has 10 heteroatoms. The summed E-state index contributed by atoms with van der Waals surface area (Å²) in [4.78, 5) is 25.0. The fraction of sp³-hybridized carbons (Fsp3) is 0.294. The van der Waals surface area contributed by atoms with Gasteiger partial charge in [0.2, 0.25) is 5.91 Å². The Morgan fingerprint density at radius 1 is 1.41 bits per heavy atom. The zero-order valence-corrected chi connectivity index (χ0v) is 17.1. The number of aryl methyl sites for hydroxylation is 2. The molecule has 0 saturated carbocycles. The highest BCUT2D eigenvalue weighted by Gasteiger charge is 2.24. The van der Waals surface area contributed by atoms with Crippen LogP contribution in [0.15, 0.2) is 28.5 Å². The van der Waals surface area contributed by atoms with Crippen LogP contribution in [-0.4, -0.2) is 25.4 Å². The van der Waals surface area contributed by atoms with Crippen molar-refractivity contribution in [3.8, 4) is 0 Å². The van der Waals surface area contributed by atoms with Crippen LogP contribution in [0.3, 0.4) is 0 Å². The number of amides is 1. The molecule has 0 fully saturated rings. The predicted molar refractivity (Wildman–Crippen MR) is 109 cm³/mol. The number of nitrogens with two attached hydrogens (primary N) is 2. The molecule has 0 aliphatic heterocycles. The number of anilines is 1. The van der Waals surface area contributed by atoms with E-state index in [1.165, 1.54) is 18.1 Å². The Morgan fingerprint density at radius 3 is 3.00 bits per heavy atom. The van der Waals surface area contributed by atoms with E-state index in [4.69, 9.17) is 11.5 Å². The normalized spacial score (nSPS) is 16.0. The van der Waals surface area contributed by atoms with Crippen molar-refractivity contribution in [1.29, 1.82) is 0 Å². The average molecular weight is 498 g/mol. The second-order valence-electron chi connectivity index (χ2n) is 6.28. The number of benzene rings is 1. The maximum absolute atomic E-state index is 14.2. The van der Waals surface area contributed by atoms with Gasteiger partial charge < -0.3 is 16.0 Å². The third kappa shape index (κ3) is 3.47. The van der Waals surface area contributed by atoms with Crippen molar-refractivity contribution in [3.63, 3.8) is 0 Å². The number of carbonyl (C=O) groups excluding carboxylic acids is 1. The molecule has 0 bridgehead atoms. The highest BCUT2D eigenvalue weighted by Crippen LogP contribution is 2.41. The average Bonchev–Trinajstić information content (AvgIpc) is 3.15. The number of alkyl halides is 1. The van der Waals surface area contributed by atoms with Crippen LogP contribution in [0.2, 0.25) is 0 Å². The Balaban J connectivity index is 1.77. The van der Waals surface area contributed by atoms with Crippen LogP contribution < -0.4 is 11.5 Å². The summed E-state index contributed by atoms with van der Waals surface area (Å²) in [6.07, 6.45) is 1.88. The Morgan fingerprint density at radius 2 is 2.22 bits per heavy atom. The second kappa shape index (κ2) is 7.23. The van der Waals surface area contributed by atoms with E-state index in [9.17, 15) is 9.18 Å². The number of imidazole rings is 1. The van der Waals surface area contributed by atoms with Gasteiger partial charge in [-0.05, 0) is 58.7 Å². The van der Waals surface area contributed by atoms with Gasteiger partial charge in [-0.15, -0.1) is 0 Å². The molecular formula is C17H16FIN6OS. The maximum Gasteiger partial charge on any atom is 0.219 e. The van der Waals surface area contributed by atoms with Crippen LogP contribution in [0.4, 0.5) is 10.2 Å². The van der Waals surface area contributed by atoms with Gasteiger partial charge >= 0.3 is 0 Å². The number of primary amides is 1. The lowest BCUT2D eigenvalue weighted by atomic mass is 10.1. The smallest absolute Gasteiger partial charge is 0.219 e. The molecule has 0 saturated heterocycles. The first-order valence-electron chi connectivity index (χ1n) is 8.33. The van der Waals surface area contributed by atoms with E-state index in [-0.39, 0.29) is 12.2 Å². The monoisotopic (exact) mass is 498 g/mol. The van der Waals surface area contributed by atoms with Crippen molar-refractivity contribution < 1.29 is 9.18 Å². The van der Waals surface area contributed by atoms with Crippen molar-refractivity contribution in [2.75, 3.05) is 5.73 Å². The highest BCUT2D eigenvalue weighted by atomic mass is 127. The van der Waals surface area contributed by atoms with Crippen LogP contribution in [-0.2, 0) is 17.8 Å². The summed E-state index contributed by atoms with van der Waals surface area (Å²) in [5.41, 5.74) is 14.1. The first kappa shape index (κ1) is 18.4. The standard InChI is InChI=1S/C17H16FIN6OS/c18-10-2-1-8-5-11(19)12(6-9(8)10)27-17-24-14-15(21)22-7-23-16(14)25(17)4-3-13(20)26/h5-7,10H,1-4H2,(H2,20,26)(H2,21,22,23). The number of aromatic nitrogens is 4. The van der Waals surface area contributed by atoms with Gasteiger partial charge in [0.1, 0.15) is 12.5 Å². The molecule has 1 aromatic carbocycles. The quantitative estimate of drug-likeness (QED) is 0.524. The van der Waals surface area contributed by atoms with Gasteiger partial charge in [0.05, 0.1) is 0 Å². The van der Waals surface area contributed by atoms with E-state index in [1.54, 1.807) is 4.57 Å². The first-order valence-corrected chi connectivity index (χ1v) is 10.2. The lowest BCUT2D eigenvalue weighted by molar-refractivity contribution is -0.118. The largest absolute Gasteiger partial charge is 0.382 e. The van der Waals surface area contributed by atoms with Crippen molar-refractivity contribution in [3.05, 3.63) is 33.2 Å². The summed E-state index contributed by atoms with van der Waals surface area (Å²) < 4.78 is 17.0. The number of hydrogen-bond acceptors (Lipinski definition) is 6. The van der Waals surface area contributed by atoms with E-state index < -0.39 is 12.1 Å². The summed E-state index contributed by atoms with van der Waals surface area (Å²) in [6, 6.07) is 3.93. The predicted octanol–water partition coefficient (Wildman–Crippen LogP) is 3.00. The summed E-state index contributed by atoms with van der Waals surface area (Å²) in [5.74, 6) is -0.144. The molecular weight excluding hydrogens is 482 g/mol. The van der Waals surface area contributed by atoms with Gasteiger partial charge in [0.15, 0.2) is 22.1 Å². The Hall–Kier alpha value is -1.95. The van der Waals surface area contributed by atoms with Gasteiger partial charge in [0, 0.05) is 21.4 Å². The SMILES string of the molecule is NC(=O)CCn1c(Sc2cc3c(cc2I)CCC3F)nc2c(N)ncnc21. The van der Waals surface area contributed by atoms with E-state index >= 15 is 0 Å². The fourth-order valence-electron chi connectivity index (χ4n) is 3.17. The van der Waals surface area contributed by atoms with Gasteiger partial charge in [-0.3, -0.25) is 4.79 Å². The van der Waals surface area contributed by atoms with Crippen molar-refractivity contribution >= 4 is 57.2 Å². The summed E-state index contributed by atoms with van der Waals surface area (Å²) >= 11 is 3.65. The molecule has 1 amide bonds. The molecule has 2 heterocycles. The van der Waals surface area contributed by atoms with Crippen molar-refractivity contribution in [2.24, 2.45) is 5.73 Å². The topological polar surface area (TPSA) is 113 Å². The van der Waals surface area contributed by atoms with Gasteiger partial charge in [-0.1, -0.05) is 11.8 Å². The molecule has 2 aromatic heterocycles. The molecule has 4 rings (SSSR count). The first-order chi connectivity index (χ1) is 12.9. The van der Waals surface area contributed by atoms with E-state index in [0.717, 1.165) is 26.0 Å². The molecule has 0 radical (unpaired) electrons. The summed E-state index contributed by atoms with van der Waals surface area (Å²) in [6.45, 7) is 0.331. The molecule has 27 heavy (non-hydrogen) atoms. The molecule has 140 valence electrons. The van der Waals surface area contributed by atoms with Gasteiger partial charge in [0.25, 0.3) is 0 Å². The van der Waals surface area contributed by atoms with Gasteiger partial charge in [-0.2, -0.15) is 0 Å². The third-order valence-electron chi connectivity index (χ3n) is 4.51. The highest BCUT2D eigenvalue weighted by molar-refractivity contribution is 14.1. The molecule has 7 nitrogen and oxygen atoms in total. The lowest BCUT2D eigenvalue weighted by Crippen LogP contribution is -2.14. The maximum atomic E-state index is 14.2. The number of nitrogens with zero attached hydrogens (tertiary/aromatic N) is 4. The minimum Gasteiger partial charge on any atom is -0.382 e. The van der Waals surface area contributed by atoms with E-state index in [2.05, 4.69) is 37.5 Å². The minimum atomic E-state index is -0.925. The van der Waals surface area contributed by atoms with Gasteiger partial charge in [-0.25, -0.2) is 19.3 Å². The Kier molecular flexibility index (Phi) is 4.93. The van der Waals surface area contributed by atoms with E-state index in [0.29, 0.717) is 29.3 Å². The number of nitrogen functional groups attached to an aromatic ring is 1. The molecule has 0 spiro atoms. The molecule has 1 atom stereocenters. The number of halogens is 2. The van der Waals surface area contributed by atoms with Crippen molar-refractivity contribution in [2.45, 2.75) is 42.0 Å². The van der Waals surface area contributed by atoms with Crippen LogP contribution in [0.5, 0.6) is 0 Å². The Bertz CT molecular complexity index is 1060. The van der Waals surface area contributed by atoms with Crippen LogP contribution in [0, 0.1) is 3.57 Å². The van der Waals surface area contributed by atoms with Crippen LogP contribution in [0.25, 0.3) is 11.2 Å². The number of fused-ring (bicyclic) bond motifs is 2. The number of rotatable bonds is 5. The second-order valence-corrected chi connectivity index (χ2v) is 8.45. The van der Waals surface area contributed by atoms with Crippen molar-refractivity contribution in [1.82, 2.24) is 19.5 Å². The molecule has 3 aromatic rings. The fourth-order valence-corrected chi connectivity index (χ4v) is 4.99. The molecule has 1 aliphatic rings. The third-order valence-corrected chi connectivity index (χ3v) is 6.82. The molecule has 1 unspecified atom stereocenters. The number of hydrogen-bond donors (Lipinski definition) is 2. The van der Waals surface area contributed by atoms with Crippen LogP contribution in [0.1, 0.15) is 30.1 Å². The molecule has 4 N–H and O–H groups in total. The van der Waals surface area contributed by atoms with Crippen LogP contribution >= 0.6 is 34.4 Å². The Labute approximate surface area is 172 Å². The van der Waals surface area contributed by atoms with E-state index in [1.807, 2.05) is 12.1 Å². The summed E-state index contributed by atoms with van der Waals surface area (Å²) in [5, 5.41) is 0.615. The molecule has 1 aliphatic carbocycles. The minimum absolute atomic E-state index is 0.150. The zero-order valence-electron chi connectivity index (χ0n) is 14.2. The summed E-state index contributed by atoms with van der Waals surface area (Å²) in [7, 11) is 0. The zero-order chi connectivity index (χ0) is 19.1. The lowest BCUT2D eigenvalue weighted by Gasteiger charge is -2.10. The number of carbonyl (C=O) groups is 1.